The Morgan fingerprint density at radius 1 is 1.05 bits per heavy atom. The van der Waals surface area contributed by atoms with Gasteiger partial charge in [-0.3, -0.25) is 4.79 Å². The van der Waals surface area contributed by atoms with Crippen LogP contribution in [0, 0.1) is 0 Å². The largest absolute Gasteiger partial charge is 0.493 e. The van der Waals surface area contributed by atoms with Gasteiger partial charge in [-0.25, -0.2) is 4.79 Å². The smallest absolute Gasteiger partial charge is 0.240 e. The van der Waals surface area contributed by atoms with Gasteiger partial charge in [0.2, 0.25) is 6.08 Å². The molecule has 0 N–H and O–H groups in total. The molecule has 104 valence electrons. The minimum Gasteiger partial charge on any atom is -0.493 e. The van der Waals surface area contributed by atoms with Crippen LogP contribution < -0.4 is 4.74 Å². The van der Waals surface area contributed by atoms with Crippen molar-refractivity contribution in [1.82, 2.24) is 0 Å². The molecular formula is C17H13NO3. The first kappa shape index (κ1) is 13.3. The molecule has 0 aromatic heterocycles. The van der Waals surface area contributed by atoms with Gasteiger partial charge in [0.05, 0.1) is 12.3 Å². The Balaban J connectivity index is 2.02. The Labute approximate surface area is 122 Å². The fourth-order valence-corrected chi connectivity index (χ4v) is 2.38. The third-order valence-corrected chi connectivity index (χ3v) is 3.46. The number of hydrogen-bond donors (Lipinski definition) is 0. The SMILES string of the molecule is O=C=Nc1ccc(-c2ccc3cc2OCCCC3=O)cc1. The molecule has 0 amide bonds. The predicted molar refractivity (Wildman–Crippen MR) is 78.7 cm³/mol. The van der Waals surface area contributed by atoms with E-state index in [0.29, 0.717) is 30.0 Å². The number of carbonyl (C=O) groups is 1. The summed E-state index contributed by atoms with van der Waals surface area (Å²) >= 11 is 0. The fraction of sp³-hybridized carbons (Fsp3) is 0.176. The van der Waals surface area contributed by atoms with Crippen molar-refractivity contribution in [2.75, 3.05) is 6.61 Å². The van der Waals surface area contributed by atoms with Gasteiger partial charge in [0.25, 0.3) is 0 Å². The van der Waals surface area contributed by atoms with Crippen molar-refractivity contribution in [3.63, 3.8) is 0 Å². The molecule has 1 aliphatic heterocycles. The summed E-state index contributed by atoms with van der Waals surface area (Å²) in [4.78, 5) is 25.7. The Morgan fingerprint density at radius 2 is 1.81 bits per heavy atom. The summed E-state index contributed by atoms with van der Waals surface area (Å²) in [5.41, 5.74) is 3.13. The summed E-state index contributed by atoms with van der Waals surface area (Å²) in [5, 5.41) is 0. The molecule has 0 atom stereocenters. The van der Waals surface area contributed by atoms with E-state index in [2.05, 4.69) is 4.99 Å². The van der Waals surface area contributed by atoms with Gasteiger partial charge in [-0.1, -0.05) is 18.2 Å². The molecule has 3 rings (SSSR count). The molecule has 0 aliphatic carbocycles. The molecule has 1 aliphatic rings. The van der Waals surface area contributed by atoms with Gasteiger partial charge in [-0.2, -0.15) is 4.99 Å². The van der Waals surface area contributed by atoms with E-state index in [1.165, 1.54) is 6.08 Å². The number of aliphatic imine (C=N–C) groups is 1. The number of ketones is 1. The fourth-order valence-electron chi connectivity index (χ4n) is 2.38. The van der Waals surface area contributed by atoms with Crippen LogP contribution in [0.4, 0.5) is 5.69 Å². The monoisotopic (exact) mass is 279 g/mol. The third kappa shape index (κ3) is 2.76. The molecule has 2 aromatic rings. The maximum atomic E-state index is 11.9. The lowest BCUT2D eigenvalue weighted by molar-refractivity contribution is 0.0969. The number of fused-ring (bicyclic) bond motifs is 2. The Morgan fingerprint density at radius 3 is 2.57 bits per heavy atom. The standard InChI is InChI=1S/C17H13NO3/c19-11-18-14-6-3-12(4-7-14)15-8-5-13-10-17(15)21-9-1-2-16(13)20/h3-8,10H,1-2,9H2. The molecular weight excluding hydrogens is 266 g/mol. The molecule has 2 aromatic carbocycles. The van der Waals surface area contributed by atoms with Crippen molar-refractivity contribution in [1.29, 1.82) is 0 Å². The Kier molecular flexibility index (Phi) is 3.63. The number of nitrogens with zero attached hydrogens (tertiary/aromatic N) is 1. The van der Waals surface area contributed by atoms with Crippen LogP contribution in [-0.2, 0) is 4.79 Å². The van der Waals surface area contributed by atoms with E-state index in [9.17, 15) is 9.59 Å². The van der Waals surface area contributed by atoms with Crippen LogP contribution >= 0.6 is 0 Å². The number of rotatable bonds is 2. The van der Waals surface area contributed by atoms with E-state index in [0.717, 1.165) is 17.5 Å². The summed E-state index contributed by atoms with van der Waals surface area (Å²) in [5.74, 6) is 0.869. The van der Waals surface area contributed by atoms with Crippen LogP contribution in [0.15, 0.2) is 47.5 Å². The summed E-state index contributed by atoms with van der Waals surface area (Å²) in [6.07, 6.45) is 2.77. The number of ether oxygens (including phenoxy) is 1. The minimum absolute atomic E-state index is 0.154. The average Bonchev–Trinajstić information content (AvgIpc) is 2.51. The van der Waals surface area contributed by atoms with Gasteiger partial charge < -0.3 is 4.74 Å². The van der Waals surface area contributed by atoms with Crippen molar-refractivity contribution < 1.29 is 14.3 Å². The maximum Gasteiger partial charge on any atom is 0.240 e. The van der Waals surface area contributed by atoms with E-state index in [-0.39, 0.29) is 5.78 Å². The average molecular weight is 279 g/mol. The van der Waals surface area contributed by atoms with Gasteiger partial charge in [0.15, 0.2) is 5.78 Å². The van der Waals surface area contributed by atoms with Gasteiger partial charge in [-0.15, -0.1) is 0 Å². The predicted octanol–water partition coefficient (Wildman–Crippen LogP) is 3.68. The van der Waals surface area contributed by atoms with E-state index < -0.39 is 0 Å². The van der Waals surface area contributed by atoms with Crippen molar-refractivity contribution >= 4 is 17.6 Å². The molecule has 1 heterocycles. The normalized spacial score (nSPS) is 13.6. The quantitative estimate of drug-likeness (QED) is 0.622. The molecule has 0 saturated heterocycles. The number of isocyanates is 1. The maximum absolute atomic E-state index is 11.9. The lowest BCUT2D eigenvalue weighted by Gasteiger charge is -2.16. The molecule has 4 nitrogen and oxygen atoms in total. The molecule has 0 unspecified atom stereocenters. The number of hydrogen-bond acceptors (Lipinski definition) is 4. The highest BCUT2D eigenvalue weighted by molar-refractivity contribution is 5.97. The molecule has 0 fully saturated rings. The van der Waals surface area contributed by atoms with Crippen molar-refractivity contribution in [3.8, 4) is 16.9 Å². The van der Waals surface area contributed by atoms with Crippen LogP contribution in [-0.4, -0.2) is 18.5 Å². The van der Waals surface area contributed by atoms with E-state index in [1.54, 1.807) is 18.2 Å². The Hall–Kier alpha value is -2.71. The lowest BCUT2D eigenvalue weighted by atomic mass is 9.98. The second-order valence-corrected chi connectivity index (χ2v) is 4.84. The number of carbonyl (C=O) groups excluding carboxylic acids is 2. The first-order valence-corrected chi connectivity index (χ1v) is 6.76. The van der Waals surface area contributed by atoms with Crippen LogP contribution in [0.5, 0.6) is 5.75 Å². The van der Waals surface area contributed by atoms with E-state index >= 15 is 0 Å². The zero-order chi connectivity index (χ0) is 14.7. The van der Waals surface area contributed by atoms with Crippen LogP contribution in [0.2, 0.25) is 0 Å². The first-order valence-electron chi connectivity index (χ1n) is 6.76. The molecule has 2 bridgehead atoms. The first-order chi connectivity index (χ1) is 10.3. The van der Waals surface area contributed by atoms with Gasteiger partial charge in [0, 0.05) is 17.5 Å². The van der Waals surface area contributed by atoms with Crippen molar-refractivity contribution in [3.05, 3.63) is 48.0 Å². The van der Waals surface area contributed by atoms with Gasteiger partial charge >= 0.3 is 0 Å². The number of benzene rings is 2. The molecule has 0 spiro atoms. The highest BCUT2D eigenvalue weighted by Crippen LogP contribution is 2.33. The summed E-state index contributed by atoms with van der Waals surface area (Å²) in [6, 6.07) is 12.7. The molecule has 21 heavy (non-hydrogen) atoms. The molecule has 0 saturated carbocycles. The number of Topliss-reactive ketones (excluding diaryl/α,β-unsaturated/α-hetero) is 1. The minimum atomic E-state index is 0.154. The summed E-state index contributed by atoms with van der Waals surface area (Å²) in [7, 11) is 0. The lowest BCUT2D eigenvalue weighted by Crippen LogP contribution is -2.08. The zero-order valence-electron chi connectivity index (χ0n) is 11.3. The summed E-state index contributed by atoms with van der Waals surface area (Å²) < 4.78 is 5.76. The van der Waals surface area contributed by atoms with Crippen LogP contribution in [0.1, 0.15) is 23.2 Å². The van der Waals surface area contributed by atoms with Crippen molar-refractivity contribution in [2.45, 2.75) is 12.8 Å². The topological polar surface area (TPSA) is 55.7 Å². The van der Waals surface area contributed by atoms with Crippen LogP contribution in [0.3, 0.4) is 0 Å². The molecule has 4 heteroatoms. The second-order valence-electron chi connectivity index (χ2n) is 4.84. The highest BCUT2D eigenvalue weighted by Gasteiger charge is 2.15. The van der Waals surface area contributed by atoms with Gasteiger partial charge in [-0.05, 0) is 36.2 Å². The summed E-state index contributed by atoms with van der Waals surface area (Å²) in [6.45, 7) is 0.537. The van der Waals surface area contributed by atoms with E-state index in [1.807, 2.05) is 24.3 Å². The molecule has 0 radical (unpaired) electrons. The van der Waals surface area contributed by atoms with Crippen molar-refractivity contribution in [2.24, 2.45) is 4.99 Å². The van der Waals surface area contributed by atoms with E-state index in [4.69, 9.17) is 4.74 Å². The second kappa shape index (κ2) is 5.73. The zero-order valence-corrected chi connectivity index (χ0v) is 11.3. The van der Waals surface area contributed by atoms with Crippen LogP contribution in [0.25, 0.3) is 11.1 Å². The Bertz CT molecular complexity index is 728. The van der Waals surface area contributed by atoms with Gasteiger partial charge in [0.1, 0.15) is 5.75 Å². The highest BCUT2D eigenvalue weighted by atomic mass is 16.5. The third-order valence-electron chi connectivity index (χ3n) is 3.46.